The van der Waals surface area contributed by atoms with E-state index in [0.29, 0.717) is 11.7 Å². The van der Waals surface area contributed by atoms with E-state index < -0.39 is 0 Å². The van der Waals surface area contributed by atoms with Crippen LogP contribution in [0.15, 0.2) is 12.7 Å². The highest BCUT2D eigenvalue weighted by Crippen LogP contribution is 2.26. The number of aromatic nitrogens is 4. The van der Waals surface area contributed by atoms with Gasteiger partial charge in [0.15, 0.2) is 11.5 Å². The Morgan fingerprint density at radius 3 is 3.18 bits per heavy atom. The SMILES string of the molecule is COC1CCCC1Nc1ncnc2nc[nH]c12. The van der Waals surface area contributed by atoms with E-state index >= 15 is 0 Å². The highest BCUT2D eigenvalue weighted by molar-refractivity contribution is 5.82. The molecule has 0 amide bonds. The lowest BCUT2D eigenvalue weighted by atomic mass is 10.2. The van der Waals surface area contributed by atoms with Gasteiger partial charge in [0.05, 0.1) is 18.5 Å². The van der Waals surface area contributed by atoms with Crippen molar-refractivity contribution in [2.45, 2.75) is 31.4 Å². The molecule has 2 atom stereocenters. The van der Waals surface area contributed by atoms with Gasteiger partial charge in [-0.25, -0.2) is 15.0 Å². The maximum absolute atomic E-state index is 5.46. The molecule has 2 aromatic heterocycles. The number of methoxy groups -OCH3 is 1. The third-order valence-corrected chi connectivity index (χ3v) is 3.30. The summed E-state index contributed by atoms with van der Waals surface area (Å²) >= 11 is 0. The fourth-order valence-corrected chi connectivity index (χ4v) is 2.42. The van der Waals surface area contributed by atoms with Crippen LogP contribution in [0.3, 0.4) is 0 Å². The number of hydrogen-bond donors (Lipinski definition) is 2. The Morgan fingerprint density at radius 1 is 1.35 bits per heavy atom. The molecule has 0 aromatic carbocycles. The summed E-state index contributed by atoms with van der Waals surface area (Å²) in [5, 5.41) is 3.42. The molecule has 17 heavy (non-hydrogen) atoms. The first-order valence-electron chi connectivity index (χ1n) is 5.82. The van der Waals surface area contributed by atoms with E-state index in [-0.39, 0.29) is 6.10 Å². The van der Waals surface area contributed by atoms with Crippen molar-refractivity contribution in [1.82, 2.24) is 19.9 Å². The van der Waals surface area contributed by atoms with Crippen LogP contribution in [-0.4, -0.2) is 39.2 Å². The Balaban J connectivity index is 1.87. The van der Waals surface area contributed by atoms with Gasteiger partial charge in [-0.2, -0.15) is 0 Å². The van der Waals surface area contributed by atoms with Gasteiger partial charge in [0, 0.05) is 7.11 Å². The number of anilines is 1. The van der Waals surface area contributed by atoms with Crippen LogP contribution in [0.5, 0.6) is 0 Å². The number of rotatable bonds is 3. The van der Waals surface area contributed by atoms with Crippen molar-refractivity contribution >= 4 is 17.0 Å². The van der Waals surface area contributed by atoms with Gasteiger partial charge in [0.1, 0.15) is 11.8 Å². The van der Waals surface area contributed by atoms with Gasteiger partial charge in [-0.3, -0.25) is 0 Å². The molecule has 6 heteroatoms. The van der Waals surface area contributed by atoms with Crippen molar-refractivity contribution < 1.29 is 4.74 Å². The van der Waals surface area contributed by atoms with Crippen LogP contribution in [0.1, 0.15) is 19.3 Å². The van der Waals surface area contributed by atoms with E-state index in [4.69, 9.17) is 4.74 Å². The second-order valence-electron chi connectivity index (χ2n) is 4.28. The lowest BCUT2D eigenvalue weighted by Crippen LogP contribution is -2.30. The van der Waals surface area contributed by atoms with Gasteiger partial charge in [-0.15, -0.1) is 0 Å². The zero-order valence-corrected chi connectivity index (χ0v) is 9.68. The maximum Gasteiger partial charge on any atom is 0.182 e. The van der Waals surface area contributed by atoms with Crippen LogP contribution in [0.4, 0.5) is 5.82 Å². The van der Waals surface area contributed by atoms with Gasteiger partial charge in [-0.1, -0.05) is 0 Å². The standard InChI is InChI=1S/C11H15N5O/c1-17-8-4-2-3-7(8)16-11-9-10(13-5-12-9)14-6-15-11/h5-8H,2-4H2,1H3,(H2,12,13,14,15,16). The fraction of sp³-hybridized carbons (Fsp3) is 0.545. The van der Waals surface area contributed by atoms with Gasteiger partial charge in [0.2, 0.25) is 0 Å². The minimum atomic E-state index is 0.267. The Labute approximate surface area is 98.8 Å². The van der Waals surface area contributed by atoms with Crippen LogP contribution in [0, 0.1) is 0 Å². The largest absolute Gasteiger partial charge is 0.379 e. The summed E-state index contributed by atoms with van der Waals surface area (Å²) in [5.41, 5.74) is 1.55. The zero-order valence-electron chi connectivity index (χ0n) is 9.68. The Bertz CT molecular complexity index is 511. The smallest absolute Gasteiger partial charge is 0.182 e. The Hall–Kier alpha value is -1.69. The predicted molar refractivity (Wildman–Crippen MR) is 63.7 cm³/mol. The number of H-pyrrole nitrogens is 1. The molecule has 2 aromatic rings. The lowest BCUT2D eigenvalue weighted by molar-refractivity contribution is 0.101. The summed E-state index contributed by atoms with van der Waals surface area (Å²) in [6, 6.07) is 0.321. The van der Waals surface area contributed by atoms with Crippen molar-refractivity contribution in [2.24, 2.45) is 0 Å². The second-order valence-corrected chi connectivity index (χ2v) is 4.28. The molecule has 0 aliphatic heterocycles. The van der Waals surface area contributed by atoms with Crippen molar-refractivity contribution in [2.75, 3.05) is 12.4 Å². The second kappa shape index (κ2) is 4.29. The molecule has 0 spiro atoms. The van der Waals surface area contributed by atoms with Gasteiger partial charge < -0.3 is 15.0 Å². The van der Waals surface area contributed by atoms with Gasteiger partial charge in [0.25, 0.3) is 0 Å². The first-order chi connectivity index (χ1) is 8.38. The van der Waals surface area contributed by atoms with Gasteiger partial charge >= 0.3 is 0 Å². The van der Waals surface area contributed by atoms with Crippen LogP contribution in [0.2, 0.25) is 0 Å². The molecule has 0 saturated heterocycles. The summed E-state index contributed by atoms with van der Waals surface area (Å²) in [4.78, 5) is 15.5. The minimum absolute atomic E-state index is 0.267. The molecule has 0 radical (unpaired) electrons. The number of nitrogens with zero attached hydrogens (tertiary/aromatic N) is 3. The average Bonchev–Trinajstić information content (AvgIpc) is 2.97. The molecule has 1 fully saturated rings. The number of imidazole rings is 1. The number of ether oxygens (including phenoxy) is 1. The lowest BCUT2D eigenvalue weighted by Gasteiger charge is -2.20. The number of hydrogen-bond acceptors (Lipinski definition) is 5. The fourth-order valence-electron chi connectivity index (χ4n) is 2.42. The van der Waals surface area contributed by atoms with Crippen molar-refractivity contribution in [3.05, 3.63) is 12.7 Å². The summed E-state index contributed by atoms with van der Waals surface area (Å²) < 4.78 is 5.46. The summed E-state index contributed by atoms with van der Waals surface area (Å²) in [5.74, 6) is 0.807. The van der Waals surface area contributed by atoms with Crippen LogP contribution in [-0.2, 0) is 4.74 Å². The molecular formula is C11H15N5O. The highest BCUT2D eigenvalue weighted by Gasteiger charge is 2.27. The van der Waals surface area contributed by atoms with Gasteiger partial charge in [-0.05, 0) is 19.3 Å². The van der Waals surface area contributed by atoms with Crippen LogP contribution in [0.25, 0.3) is 11.2 Å². The van der Waals surface area contributed by atoms with Crippen molar-refractivity contribution in [1.29, 1.82) is 0 Å². The topological polar surface area (TPSA) is 75.7 Å². The Kier molecular flexibility index (Phi) is 2.64. The van der Waals surface area contributed by atoms with E-state index in [2.05, 4.69) is 25.3 Å². The van der Waals surface area contributed by atoms with E-state index in [9.17, 15) is 0 Å². The zero-order chi connectivity index (χ0) is 11.7. The molecule has 90 valence electrons. The Morgan fingerprint density at radius 2 is 2.29 bits per heavy atom. The third-order valence-electron chi connectivity index (χ3n) is 3.30. The third kappa shape index (κ3) is 1.84. The number of fused-ring (bicyclic) bond motifs is 1. The van der Waals surface area contributed by atoms with E-state index in [0.717, 1.165) is 24.2 Å². The molecule has 6 nitrogen and oxygen atoms in total. The quantitative estimate of drug-likeness (QED) is 0.836. The normalized spacial score (nSPS) is 24.3. The maximum atomic E-state index is 5.46. The van der Waals surface area contributed by atoms with Crippen molar-refractivity contribution in [3.63, 3.8) is 0 Å². The van der Waals surface area contributed by atoms with E-state index in [1.54, 1.807) is 13.4 Å². The van der Waals surface area contributed by atoms with Crippen LogP contribution < -0.4 is 5.32 Å². The molecule has 1 saturated carbocycles. The summed E-state index contributed by atoms with van der Waals surface area (Å²) in [7, 11) is 1.76. The molecule has 3 rings (SSSR count). The molecule has 1 aliphatic rings. The molecule has 2 N–H and O–H groups in total. The molecular weight excluding hydrogens is 218 g/mol. The summed E-state index contributed by atoms with van der Waals surface area (Å²) in [6.07, 6.45) is 6.83. The first kappa shape index (κ1) is 10.5. The monoisotopic (exact) mass is 233 g/mol. The average molecular weight is 233 g/mol. The predicted octanol–water partition coefficient (Wildman–Crippen LogP) is 1.33. The van der Waals surface area contributed by atoms with E-state index in [1.807, 2.05) is 0 Å². The molecule has 2 heterocycles. The number of aromatic amines is 1. The highest BCUT2D eigenvalue weighted by atomic mass is 16.5. The van der Waals surface area contributed by atoms with E-state index in [1.165, 1.54) is 12.7 Å². The molecule has 2 unspecified atom stereocenters. The first-order valence-corrected chi connectivity index (χ1v) is 5.82. The summed E-state index contributed by atoms with van der Waals surface area (Å²) in [6.45, 7) is 0. The molecule has 0 bridgehead atoms. The minimum Gasteiger partial charge on any atom is -0.379 e. The molecule has 1 aliphatic carbocycles. The number of nitrogens with one attached hydrogen (secondary N) is 2. The van der Waals surface area contributed by atoms with Crippen molar-refractivity contribution in [3.8, 4) is 0 Å². The van der Waals surface area contributed by atoms with Crippen LogP contribution >= 0.6 is 0 Å².